The Balaban J connectivity index is 1.54. The summed E-state index contributed by atoms with van der Waals surface area (Å²) in [6.45, 7) is 0.810. The Labute approximate surface area is 131 Å². The molecule has 0 aromatic heterocycles. The van der Waals surface area contributed by atoms with Gasteiger partial charge in [-0.05, 0) is 43.9 Å². The maximum Gasteiger partial charge on any atom is 0.101 e. The fourth-order valence-electron chi connectivity index (χ4n) is 3.55. The zero-order chi connectivity index (χ0) is 14.7. The molecule has 1 heterocycles. The second-order valence-corrected chi connectivity index (χ2v) is 6.62. The summed E-state index contributed by atoms with van der Waals surface area (Å²) in [5, 5.41) is 12.8. The van der Waals surface area contributed by atoms with Crippen molar-refractivity contribution in [2.45, 2.75) is 56.7 Å². The molecule has 1 aliphatic carbocycles. The molecule has 0 radical (unpaired) electrons. The van der Waals surface area contributed by atoms with Crippen LogP contribution < -0.4 is 5.32 Å². The van der Waals surface area contributed by atoms with E-state index >= 15 is 0 Å². The quantitative estimate of drug-likeness (QED) is 0.894. The van der Waals surface area contributed by atoms with Crippen LogP contribution >= 0.6 is 11.6 Å². The van der Waals surface area contributed by atoms with E-state index in [1.54, 1.807) is 6.07 Å². The van der Waals surface area contributed by atoms with Crippen LogP contribution in [0.2, 0.25) is 5.02 Å². The number of nitrogens with zero attached hydrogens (tertiary/aromatic N) is 1. The number of nitrogens with one attached hydrogen (secondary N) is 1. The van der Waals surface area contributed by atoms with Crippen molar-refractivity contribution in [3.05, 3.63) is 28.8 Å². The van der Waals surface area contributed by atoms with E-state index in [4.69, 9.17) is 21.6 Å². The lowest BCUT2D eigenvalue weighted by molar-refractivity contribution is -0.0588. The van der Waals surface area contributed by atoms with Gasteiger partial charge in [0.2, 0.25) is 0 Å². The number of ether oxygens (including phenoxy) is 1. The summed E-state index contributed by atoms with van der Waals surface area (Å²) in [4.78, 5) is 0. The molecule has 2 aliphatic rings. The highest BCUT2D eigenvalue weighted by atomic mass is 35.5. The lowest BCUT2D eigenvalue weighted by atomic mass is 9.83. The van der Waals surface area contributed by atoms with E-state index in [1.165, 1.54) is 38.5 Å². The molecular weight excluding hydrogens is 284 g/mol. The van der Waals surface area contributed by atoms with Crippen molar-refractivity contribution < 1.29 is 4.74 Å². The molecule has 1 N–H and O–H groups in total. The Bertz CT molecular complexity index is 546. The van der Waals surface area contributed by atoms with Crippen LogP contribution in [0.25, 0.3) is 0 Å². The fourth-order valence-corrected chi connectivity index (χ4v) is 3.77. The van der Waals surface area contributed by atoms with E-state index in [9.17, 15) is 0 Å². The topological polar surface area (TPSA) is 45.0 Å². The predicted molar refractivity (Wildman–Crippen MR) is 84.6 cm³/mol. The first kappa shape index (κ1) is 14.7. The zero-order valence-electron chi connectivity index (χ0n) is 12.2. The molecule has 1 spiro atoms. The third-order valence-electron chi connectivity index (χ3n) is 4.73. The monoisotopic (exact) mass is 304 g/mol. The Hall–Kier alpha value is -1.24. The molecule has 21 heavy (non-hydrogen) atoms. The smallest absolute Gasteiger partial charge is 0.101 e. The molecule has 112 valence electrons. The fraction of sp³-hybridized carbons (Fsp3) is 0.588. The number of nitriles is 1. The average Bonchev–Trinajstić information content (AvgIpc) is 2.89. The molecule has 0 bridgehead atoms. The molecule has 1 atom stereocenters. The van der Waals surface area contributed by atoms with Gasteiger partial charge in [0.25, 0.3) is 0 Å². The first-order valence-corrected chi connectivity index (χ1v) is 8.20. The largest absolute Gasteiger partial charge is 0.382 e. The third-order valence-corrected chi connectivity index (χ3v) is 5.04. The molecule has 4 heteroatoms. The van der Waals surface area contributed by atoms with Crippen LogP contribution in [-0.4, -0.2) is 18.2 Å². The molecule has 1 aromatic carbocycles. The zero-order valence-corrected chi connectivity index (χ0v) is 13.0. The van der Waals surface area contributed by atoms with Gasteiger partial charge >= 0.3 is 0 Å². The van der Waals surface area contributed by atoms with Crippen LogP contribution in [0.3, 0.4) is 0 Å². The van der Waals surface area contributed by atoms with Crippen molar-refractivity contribution in [3.8, 4) is 6.07 Å². The van der Waals surface area contributed by atoms with Crippen molar-refractivity contribution >= 4 is 17.3 Å². The normalized spacial score (nSPS) is 23.9. The van der Waals surface area contributed by atoms with Gasteiger partial charge in [0.15, 0.2) is 0 Å². The Morgan fingerprint density at radius 1 is 1.29 bits per heavy atom. The molecule has 1 saturated carbocycles. The molecule has 2 fully saturated rings. The third kappa shape index (κ3) is 3.33. The number of halogens is 1. The van der Waals surface area contributed by atoms with Crippen molar-refractivity contribution in [3.63, 3.8) is 0 Å². The Morgan fingerprint density at radius 3 is 2.81 bits per heavy atom. The SMILES string of the molecule is N#Cc1ccc(NCC2CCC3(CCCCC3)O2)cc1Cl. The minimum Gasteiger partial charge on any atom is -0.382 e. The van der Waals surface area contributed by atoms with E-state index in [2.05, 4.69) is 11.4 Å². The summed E-state index contributed by atoms with van der Waals surface area (Å²) in [7, 11) is 0. The number of rotatable bonds is 3. The lowest BCUT2D eigenvalue weighted by Gasteiger charge is -2.33. The van der Waals surface area contributed by atoms with Crippen LogP contribution in [0.5, 0.6) is 0 Å². The van der Waals surface area contributed by atoms with Gasteiger partial charge in [-0.3, -0.25) is 0 Å². The number of hydrogen-bond donors (Lipinski definition) is 1. The Kier molecular flexibility index (Phi) is 4.37. The molecular formula is C17H21ClN2O. The molecule has 1 unspecified atom stereocenters. The highest BCUT2D eigenvalue weighted by Crippen LogP contribution is 2.41. The highest BCUT2D eigenvalue weighted by molar-refractivity contribution is 6.32. The van der Waals surface area contributed by atoms with Gasteiger partial charge in [-0.25, -0.2) is 0 Å². The van der Waals surface area contributed by atoms with Gasteiger partial charge in [0.05, 0.1) is 22.3 Å². The van der Waals surface area contributed by atoms with Crippen molar-refractivity contribution in [1.29, 1.82) is 5.26 Å². The predicted octanol–water partition coefficient (Wildman–Crippen LogP) is 4.51. The Morgan fingerprint density at radius 2 is 2.10 bits per heavy atom. The van der Waals surface area contributed by atoms with Gasteiger partial charge in [-0.2, -0.15) is 5.26 Å². The second-order valence-electron chi connectivity index (χ2n) is 6.21. The lowest BCUT2D eigenvalue weighted by Crippen LogP contribution is -2.33. The van der Waals surface area contributed by atoms with Gasteiger partial charge in [0, 0.05) is 12.2 Å². The van der Waals surface area contributed by atoms with E-state index in [-0.39, 0.29) is 11.7 Å². The summed E-state index contributed by atoms with van der Waals surface area (Å²) < 4.78 is 6.34. The molecule has 1 aliphatic heterocycles. The minimum atomic E-state index is 0.174. The number of benzene rings is 1. The summed E-state index contributed by atoms with van der Waals surface area (Å²) in [6, 6.07) is 7.54. The molecule has 1 aromatic rings. The first-order valence-electron chi connectivity index (χ1n) is 7.82. The van der Waals surface area contributed by atoms with E-state index in [0.29, 0.717) is 10.6 Å². The summed E-state index contributed by atoms with van der Waals surface area (Å²) in [5.74, 6) is 0. The first-order chi connectivity index (χ1) is 10.2. The van der Waals surface area contributed by atoms with Crippen molar-refractivity contribution in [2.24, 2.45) is 0 Å². The molecule has 0 amide bonds. The van der Waals surface area contributed by atoms with E-state index in [1.807, 2.05) is 12.1 Å². The van der Waals surface area contributed by atoms with Crippen molar-refractivity contribution in [2.75, 3.05) is 11.9 Å². The average molecular weight is 305 g/mol. The van der Waals surface area contributed by atoms with Gasteiger partial charge in [0.1, 0.15) is 6.07 Å². The van der Waals surface area contributed by atoms with Crippen LogP contribution in [0.15, 0.2) is 18.2 Å². The highest BCUT2D eigenvalue weighted by Gasteiger charge is 2.40. The van der Waals surface area contributed by atoms with Gasteiger partial charge in [-0.1, -0.05) is 30.9 Å². The maximum absolute atomic E-state index is 8.88. The van der Waals surface area contributed by atoms with Crippen LogP contribution in [0.4, 0.5) is 5.69 Å². The van der Waals surface area contributed by atoms with Crippen LogP contribution in [0, 0.1) is 11.3 Å². The second kappa shape index (κ2) is 6.25. The van der Waals surface area contributed by atoms with E-state index in [0.717, 1.165) is 18.7 Å². The molecule has 3 rings (SSSR count). The van der Waals surface area contributed by atoms with Crippen LogP contribution in [0.1, 0.15) is 50.5 Å². The van der Waals surface area contributed by atoms with E-state index < -0.39 is 0 Å². The molecule has 3 nitrogen and oxygen atoms in total. The van der Waals surface area contributed by atoms with Crippen LogP contribution in [-0.2, 0) is 4.74 Å². The van der Waals surface area contributed by atoms with Crippen molar-refractivity contribution in [1.82, 2.24) is 0 Å². The summed E-state index contributed by atoms with van der Waals surface area (Å²) in [5.41, 5.74) is 1.64. The number of anilines is 1. The number of hydrogen-bond acceptors (Lipinski definition) is 3. The van der Waals surface area contributed by atoms with Gasteiger partial charge < -0.3 is 10.1 Å². The summed E-state index contributed by atoms with van der Waals surface area (Å²) in [6.07, 6.45) is 9.06. The summed E-state index contributed by atoms with van der Waals surface area (Å²) >= 11 is 6.05. The maximum atomic E-state index is 8.88. The standard InChI is InChI=1S/C17H21ClN2O/c18-16-10-14(5-4-13(16)11-19)20-12-15-6-9-17(21-15)7-2-1-3-8-17/h4-5,10,15,20H,1-3,6-9,12H2. The van der Waals surface area contributed by atoms with Gasteiger partial charge in [-0.15, -0.1) is 0 Å². The molecule has 1 saturated heterocycles. The minimum absolute atomic E-state index is 0.174.